The van der Waals surface area contributed by atoms with Gasteiger partial charge in [0, 0.05) is 19.4 Å². The Morgan fingerprint density at radius 3 is 2.61 bits per heavy atom. The van der Waals surface area contributed by atoms with Gasteiger partial charge in [-0.2, -0.15) is 0 Å². The van der Waals surface area contributed by atoms with Crippen LogP contribution in [0, 0.1) is 0 Å². The predicted molar refractivity (Wildman–Crippen MR) is 60.7 cm³/mol. The van der Waals surface area contributed by atoms with Crippen molar-refractivity contribution in [1.29, 1.82) is 0 Å². The average molecular weight is 263 g/mol. The van der Waals surface area contributed by atoms with E-state index in [1.807, 2.05) is 0 Å². The van der Waals surface area contributed by atoms with E-state index in [1.54, 1.807) is 0 Å². The molecule has 2 heterocycles. The first kappa shape index (κ1) is 14.1. The highest BCUT2D eigenvalue weighted by atomic mass is 16.7. The van der Waals surface area contributed by atoms with Gasteiger partial charge in [-0.3, -0.25) is 0 Å². The molecule has 7 nitrogen and oxygen atoms in total. The molecule has 7 heteroatoms. The minimum atomic E-state index is -1.10. The van der Waals surface area contributed by atoms with Crippen LogP contribution in [0.2, 0.25) is 0 Å². The molecular weight excluding hydrogens is 242 g/mol. The van der Waals surface area contributed by atoms with E-state index in [-0.39, 0.29) is 18.8 Å². The lowest BCUT2D eigenvalue weighted by atomic mass is 10.0. The SMILES string of the molecule is NC[C@H]1C[C@@H](O)[C@H](O)[C@@H](O[C@H]2COC[C@@H](O)C2)O1. The van der Waals surface area contributed by atoms with Gasteiger partial charge in [-0.25, -0.2) is 0 Å². The largest absolute Gasteiger partial charge is 0.391 e. The molecule has 0 aromatic rings. The molecule has 0 saturated carbocycles. The highest BCUT2D eigenvalue weighted by Gasteiger charge is 2.39. The predicted octanol–water partition coefficient (Wildman–Crippen LogP) is -2.05. The molecule has 2 rings (SSSR count). The number of rotatable bonds is 3. The van der Waals surface area contributed by atoms with Crippen LogP contribution >= 0.6 is 0 Å². The Bertz CT molecular complexity index is 266. The Labute approximate surface area is 105 Å². The summed E-state index contributed by atoms with van der Waals surface area (Å²) >= 11 is 0. The number of ether oxygens (including phenoxy) is 3. The van der Waals surface area contributed by atoms with Crippen molar-refractivity contribution in [3.8, 4) is 0 Å². The van der Waals surface area contributed by atoms with Gasteiger partial charge >= 0.3 is 0 Å². The summed E-state index contributed by atoms with van der Waals surface area (Å²) in [6.07, 6.45) is -3.48. The second kappa shape index (κ2) is 6.25. The molecule has 2 aliphatic rings. The first-order chi connectivity index (χ1) is 8.60. The Hall–Kier alpha value is -0.280. The van der Waals surface area contributed by atoms with E-state index >= 15 is 0 Å². The van der Waals surface area contributed by atoms with E-state index in [9.17, 15) is 15.3 Å². The molecular formula is C11H21NO6. The summed E-state index contributed by atoms with van der Waals surface area (Å²) in [7, 11) is 0. The van der Waals surface area contributed by atoms with Crippen molar-refractivity contribution in [3.63, 3.8) is 0 Å². The van der Waals surface area contributed by atoms with Gasteiger partial charge < -0.3 is 35.3 Å². The van der Waals surface area contributed by atoms with E-state index in [1.165, 1.54) is 0 Å². The third-order valence-corrected chi connectivity index (χ3v) is 3.24. The summed E-state index contributed by atoms with van der Waals surface area (Å²) in [5.74, 6) is 0. The monoisotopic (exact) mass is 263 g/mol. The topological polar surface area (TPSA) is 114 Å². The van der Waals surface area contributed by atoms with Gasteiger partial charge in [0.05, 0.1) is 37.6 Å². The van der Waals surface area contributed by atoms with Crippen LogP contribution in [-0.4, -0.2) is 71.9 Å². The number of hydrogen-bond donors (Lipinski definition) is 4. The smallest absolute Gasteiger partial charge is 0.186 e. The van der Waals surface area contributed by atoms with Gasteiger partial charge in [-0.1, -0.05) is 0 Å². The highest BCUT2D eigenvalue weighted by Crippen LogP contribution is 2.23. The van der Waals surface area contributed by atoms with Crippen LogP contribution in [0.1, 0.15) is 12.8 Å². The molecule has 0 unspecified atom stereocenters. The van der Waals surface area contributed by atoms with Crippen molar-refractivity contribution in [2.24, 2.45) is 5.73 Å². The van der Waals surface area contributed by atoms with Gasteiger partial charge in [-0.05, 0) is 0 Å². The molecule has 18 heavy (non-hydrogen) atoms. The molecule has 0 bridgehead atoms. The summed E-state index contributed by atoms with van der Waals surface area (Å²) in [6.45, 7) is 0.891. The van der Waals surface area contributed by atoms with Crippen molar-refractivity contribution in [3.05, 3.63) is 0 Å². The molecule has 0 spiro atoms. The Balaban J connectivity index is 1.89. The quantitative estimate of drug-likeness (QED) is 0.463. The summed E-state index contributed by atoms with van der Waals surface area (Å²) in [4.78, 5) is 0. The van der Waals surface area contributed by atoms with Gasteiger partial charge in [0.25, 0.3) is 0 Å². The van der Waals surface area contributed by atoms with Crippen LogP contribution in [-0.2, 0) is 14.2 Å². The normalized spacial score (nSPS) is 46.0. The zero-order valence-electron chi connectivity index (χ0n) is 10.1. The van der Waals surface area contributed by atoms with E-state index < -0.39 is 24.6 Å². The molecule has 2 fully saturated rings. The lowest BCUT2D eigenvalue weighted by Gasteiger charge is -2.39. The van der Waals surface area contributed by atoms with Crippen molar-refractivity contribution in [1.82, 2.24) is 0 Å². The number of nitrogens with two attached hydrogens (primary N) is 1. The van der Waals surface area contributed by atoms with Gasteiger partial charge in [0.2, 0.25) is 0 Å². The Kier molecular flexibility index (Phi) is 4.91. The van der Waals surface area contributed by atoms with E-state index in [0.717, 1.165) is 0 Å². The summed E-state index contributed by atoms with van der Waals surface area (Å²) in [6, 6.07) is 0. The van der Waals surface area contributed by atoms with Crippen LogP contribution in [0.25, 0.3) is 0 Å². The first-order valence-corrected chi connectivity index (χ1v) is 6.23. The highest BCUT2D eigenvalue weighted by molar-refractivity contribution is 4.83. The molecule has 5 N–H and O–H groups in total. The standard InChI is InChI=1S/C11H21NO6/c12-3-7-2-9(14)10(15)11(17-7)18-8-1-6(13)4-16-5-8/h6-11,13-15H,1-5,12H2/t6-,7+,8+,9+,10-,11+/m0/s1. The van der Waals surface area contributed by atoms with Crippen molar-refractivity contribution < 1.29 is 29.5 Å². The minimum absolute atomic E-state index is 0.257. The van der Waals surface area contributed by atoms with Crippen LogP contribution in [0.3, 0.4) is 0 Å². The lowest BCUT2D eigenvalue weighted by Crippen LogP contribution is -2.53. The zero-order chi connectivity index (χ0) is 13.1. The lowest BCUT2D eigenvalue weighted by molar-refractivity contribution is -0.289. The third kappa shape index (κ3) is 3.39. The maximum absolute atomic E-state index is 9.80. The average Bonchev–Trinajstić information content (AvgIpc) is 2.34. The van der Waals surface area contributed by atoms with Crippen LogP contribution in [0.4, 0.5) is 0 Å². The molecule has 0 radical (unpaired) electrons. The molecule has 0 amide bonds. The zero-order valence-corrected chi connectivity index (χ0v) is 10.1. The number of aliphatic hydroxyl groups is 3. The van der Waals surface area contributed by atoms with Crippen LogP contribution in [0.15, 0.2) is 0 Å². The molecule has 0 aliphatic carbocycles. The maximum atomic E-state index is 9.80. The molecule has 2 aliphatic heterocycles. The van der Waals surface area contributed by atoms with Gasteiger partial charge in [0.1, 0.15) is 6.10 Å². The molecule has 2 saturated heterocycles. The van der Waals surface area contributed by atoms with Crippen molar-refractivity contribution in [2.45, 2.75) is 49.7 Å². The fraction of sp³-hybridized carbons (Fsp3) is 1.00. The van der Waals surface area contributed by atoms with E-state index in [4.69, 9.17) is 19.9 Å². The maximum Gasteiger partial charge on any atom is 0.186 e. The van der Waals surface area contributed by atoms with Crippen molar-refractivity contribution >= 4 is 0 Å². The first-order valence-electron chi connectivity index (χ1n) is 6.23. The summed E-state index contributed by atoms with van der Waals surface area (Å²) in [5.41, 5.74) is 5.49. The minimum Gasteiger partial charge on any atom is -0.391 e. The van der Waals surface area contributed by atoms with Gasteiger partial charge in [-0.15, -0.1) is 0 Å². The molecule has 0 aromatic carbocycles. The molecule has 6 atom stereocenters. The molecule has 0 aromatic heterocycles. The van der Waals surface area contributed by atoms with Crippen LogP contribution < -0.4 is 5.73 Å². The molecule has 106 valence electrons. The fourth-order valence-electron chi connectivity index (χ4n) is 2.24. The Morgan fingerprint density at radius 1 is 1.17 bits per heavy atom. The van der Waals surface area contributed by atoms with Crippen LogP contribution in [0.5, 0.6) is 0 Å². The second-order valence-corrected chi connectivity index (χ2v) is 4.84. The van der Waals surface area contributed by atoms with Crippen molar-refractivity contribution in [2.75, 3.05) is 19.8 Å². The Morgan fingerprint density at radius 2 is 1.94 bits per heavy atom. The van der Waals surface area contributed by atoms with E-state index in [0.29, 0.717) is 26.1 Å². The summed E-state index contributed by atoms with van der Waals surface area (Å²) in [5, 5.41) is 28.9. The number of hydrogen-bond acceptors (Lipinski definition) is 7. The van der Waals surface area contributed by atoms with E-state index in [2.05, 4.69) is 0 Å². The third-order valence-electron chi connectivity index (χ3n) is 3.24. The summed E-state index contributed by atoms with van der Waals surface area (Å²) < 4.78 is 16.2. The fourth-order valence-corrected chi connectivity index (χ4v) is 2.24. The van der Waals surface area contributed by atoms with Gasteiger partial charge in [0.15, 0.2) is 6.29 Å². The number of aliphatic hydroxyl groups excluding tert-OH is 3. The second-order valence-electron chi connectivity index (χ2n) is 4.84.